The zero-order valence-corrected chi connectivity index (χ0v) is 11.1. The highest BCUT2D eigenvalue weighted by Crippen LogP contribution is 2.11. The van der Waals surface area contributed by atoms with Crippen molar-refractivity contribution in [3.63, 3.8) is 0 Å². The van der Waals surface area contributed by atoms with Gasteiger partial charge in [0.2, 0.25) is 0 Å². The second-order valence-electron chi connectivity index (χ2n) is 4.64. The van der Waals surface area contributed by atoms with Gasteiger partial charge in [-0.25, -0.2) is 0 Å². The topological polar surface area (TPSA) is 53.0 Å². The molecule has 2 unspecified atom stereocenters. The van der Waals surface area contributed by atoms with Crippen molar-refractivity contribution in [3.8, 4) is 0 Å². The average Bonchev–Trinajstić information content (AvgIpc) is 2.35. The molecule has 0 amide bonds. The fraction of sp³-hybridized carbons (Fsp3) is 0.917. The minimum atomic E-state index is -0.788. The van der Waals surface area contributed by atoms with Crippen LogP contribution >= 0.6 is 0 Å². The number of carbonyl (C=O) groups is 1. The molecular weight excluding hydrogens is 220 g/mol. The molecule has 0 spiro atoms. The monoisotopic (exact) mass is 244 g/mol. The van der Waals surface area contributed by atoms with Gasteiger partial charge in [-0.3, -0.25) is 14.6 Å². The second kappa shape index (κ2) is 6.93. The molecule has 2 atom stereocenters. The summed E-state index contributed by atoms with van der Waals surface area (Å²) < 4.78 is 4.98. The fourth-order valence-electron chi connectivity index (χ4n) is 2.24. The highest BCUT2D eigenvalue weighted by atomic mass is 16.5. The van der Waals surface area contributed by atoms with Crippen molar-refractivity contribution in [3.05, 3.63) is 0 Å². The van der Waals surface area contributed by atoms with Gasteiger partial charge < -0.3 is 9.84 Å². The summed E-state index contributed by atoms with van der Waals surface area (Å²) in [5, 5.41) is 9.14. The van der Waals surface area contributed by atoms with Gasteiger partial charge >= 0.3 is 5.97 Å². The van der Waals surface area contributed by atoms with Crippen LogP contribution in [0.2, 0.25) is 0 Å². The molecule has 0 aromatic heterocycles. The van der Waals surface area contributed by atoms with E-state index in [1.54, 1.807) is 7.11 Å². The molecule has 17 heavy (non-hydrogen) atoms. The zero-order chi connectivity index (χ0) is 12.8. The summed E-state index contributed by atoms with van der Waals surface area (Å²) in [6, 6.07) is 0.0851. The molecule has 0 aromatic rings. The molecule has 0 aromatic carbocycles. The van der Waals surface area contributed by atoms with Gasteiger partial charge in [0.05, 0.1) is 6.61 Å². The molecule has 0 aliphatic carbocycles. The first-order valence-corrected chi connectivity index (χ1v) is 6.30. The maximum Gasteiger partial charge on any atom is 0.323 e. The van der Waals surface area contributed by atoms with Gasteiger partial charge in [0.15, 0.2) is 0 Å². The smallest absolute Gasteiger partial charge is 0.323 e. The Morgan fingerprint density at radius 3 is 2.24 bits per heavy atom. The van der Waals surface area contributed by atoms with E-state index in [-0.39, 0.29) is 6.61 Å². The lowest BCUT2D eigenvalue weighted by Gasteiger charge is -2.39. The van der Waals surface area contributed by atoms with Crippen LogP contribution in [0.4, 0.5) is 0 Å². The van der Waals surface area contributed by atoms with E-state index in [1.807, 2.05) is 4.90 Å². The van der Waals surface area contributed by atoms with Crippen molar-refractivity contribution in [1.82, 2.24) is 9.80 Å². The van der Waals surface area contributed by atoms with Crippen molar-refractivity contribution < 1.29 is 14.6 Å². The van der Waals surface area contributed by atoms with Crippen LogP contribution in [0.1, 0.15) is 20.3 Å². The lowest BCUT2D eigenvalue weighted by atomic mass is 10.1. The van der Waals surface area contributed by atoms with Crippen LogP contribution in [0.15, 0.2) is 0 Å². The first-order chi connectivity index (χ1) is 8.10. The zero-order valence-electron chi connectivity index (χ0n) is 11.1. The number of nitrogens with zero attached hydrogens (tertiary/aromatic N) is 2. The molecule has 1 aliphatic heterocycles. The van der Waals surface area contributed by atoms with Gasteiger partial charge in [-0.1, -0.05) is 6.92 Å². The van der Waals surface area contributed by atoms with Gasteiger partial charge in [0.1, 0.15) is 6.04 Å². The maximum atomic E-state index is 11.1. The first-order valence-electron chi connectivity index (χ1n) is 6.30. The lowest BCUT2D eigenvalue weighted by Crippen LogP contribution is -2.55. The Labute approximate surface area is 103 Å². The largest absolute Gasteiger partial charge is 0.480 e. The molecule has 0 bridgehead atoms. The van der Waals surface area contributed by atoms with Gasteiger partial charge in [0.25, 0.3) is 0 Å². The normalized spacial score (nSPS) is 22.3. The van der Waals surface area contributed by atoms with Crippen LogP contribution in [0, 0.1) is 0 Å². The van der Waals surface area contributed by atoms with E-state index in [9.17, 15) is 4.79 Å². The molecule has 100 valence electrons. The number of aliphatic carboxylic acids is 1. The Kier molecular flexibility index (Phi) is 5.88. The molecule has 5 heteroatoms. The summed E-state index contributed by atoms with van der Waals surface area (Å²) in [7, 11) is 1.55. The quantitative estimate of drug-likeness (QED) is 0.737. The molecule has 1 heterocycles. The Hall–Kier alpha value is -0.650. The third-order valence-electron chi connectivity index (χ3n) is 3.61. The second-order valence-corrected chi connectivity index (χ2v) is 4.64. The fourth-order valence-corrected chi connectivity index (χ4v) is 2.24. The van der Waals surface area contributed by atoms with Crippen molar-refractivity contribution in [2.45, 2.75) is 32.4 Å². The standard InChI is InChI=1S/C12H24N2O3/c1-4-10(2)13-5-7-14(8-6-13)11(9-17-3)12(15)16/h10-11H,4-9H2,1-3H3,(H,15,16). The van der Waals surface area contributed by atoms with Gasteiger partial charge in [-0.05, 0) is 13.3 Å². The number of rotatable bonds is 6. The number of ether oxygens (including phenoxy) is 1. The van der Waals surface area contributed by atoms with Gasteiger partial charge in [0, 0.05) is 39.3 Å². The van der Waals surface area contributed by atoms with E-state index in [4.69, 9.17) is 9.84 Å². The maximum absolute atomic E-state index is 11.1. The molecule has 1 rings (SSSR count). The average molecular weight is 244 g/mol. The highest BCUT2D eigenvalue weighted by molar-refractivity contribution is 5.73. The number of carboxylic acids is 1. The molecule has 5 nitrogen and oxygen atoms in total. The summed E-state index contributed by atoms with van der Waals surface area (Å²) in [5.74, 6) is -0.788. The summed E-state index contributed by atoms with van der Waals surface area (Å²) in [4.78, 5) is 15.5. The van der Waals surface area contributed by atoms with E-state index in [0.717, 1.165) is 32.6 Å². The van der Waals surface area contributed by atoms with Gasteiger partial charge in [-0.15, -0.1) is 0 Å². The van der Waals surface area contributed by atoms with Crippen molar-refractivity contribution in [2.24, 2.45) is 0 Å². The summed E-state index contributed by atoms with van der Waals surface area (Å²) in [5.41, 5.74) is 0. The minimum absolute atomic E-state index is 0.263. The molecule has 0 saturated carbocycles. The van der Waals surface area contributed by atoms with Crippen molar-refractivity contribution in [1.29, 1.82) is 0 Å². The molecule has 0 radical (unpaired) electrons. The van der Waals surface area contributed by atoms with E-state index in [0.29, 0.717) is 6.04 Å². The molecule has 1 aliphatic rings. The molecule has 1 N–H and O–H groups in total. The highest BCUT2D eigenvalue weighted by Gasteiger charge is 2.29. The number of piperazine rings is 1. The SMILES string of the molecule is CCC(C)N1CCN(C(COC)C(=O)O)CC1. The van der Waals surface area contributed by atoms with Crippen LogP contribution in [-0.4, -0.2) is 72.9 Å². The summed E-state index contributed by atoms with van der Waals surface area (Å²) in [6.07, 6.45) is 1.14. The first kappa shape index (κ1) is 14.4. The number of hydrogen-bond donors (Lipinski definition) is 1. The van der Waals surface area contributed by atoms with Crippen LogP contribution in [0.5, 0.6) is 0 Å². The van der Waals surface area contributed by atoms with Crippen LogP contribution < -0.4 is 0 Å². The Morgan fingerprint density at radius 1 is 1.29 bits per heavy atom. The van der Waals surface area contributed by atoms with E-state index < -0.39 is 12.0 Å². The lowest BCUT2D eigenvalue weighted by molar-refractivity contribution is -0.146. The van der Waals surface area contributed by atoms with Crippen LogP contribution in [0.3, 0.4) is 0 Å². The third kappa shape index (κ3) is 3.94. The van der Waals surface area contributed by atoms with E-state index >= 15 is 0 Å². The predicted octanol–water partition coefficient (Wildman–Crippen LogP) is 0.502. The summed E-state index contributed by atoms with van der Waals surface area (Å²) >= 11 is 0. The Morgan fingerprint density at radius 2 is 1.82 bits per heavy atom. The summed E-state index contributed by atoms with van der Waals surface area (Å²) in [6.45, 7) is 8.18. The molecule has 1 saturated heterocycles. The molecule has 1 fully saturated rings. The Bertz CT molecular complexity index is 240. The van der Waals surface area contributed by atoms with E-state index in [2.05, 4.69) is 18.7 Å². The molecular formula is C12H24N2O3. The van der Waals surface area contributed by atoms with Crippen molar-refractivity contribution >= 4 is 5.97 Å². The number of hydrogen-bond acceptors (Lipinski definition) is 4. The van der Waals surface area contributed by atoms with Crippen molar-refractivity contribution in [2.75, 3.05) is 39.9 Å². The predicted molar refractivity (Wildman–Crippen MR) is 66.2 cm³/mol. The number of methoxy groups -OCH3 is 1. The Balaban J connectivity index is 2.46. The van der Waals surface area contributed by atoms with Gasteiger partial charge in [-0.2, -0.15) is 0 Å². The number of carboxylic acid groups (broad SMARTS) is 1. The van der Waals surface area contributed by atoms with E-state index in [1.165, 1.54) is 0 Å². The minimum Gasteiger partial charge on any atom is -0.480 e. The van der Waals surface area contributed by atoms with Crippen LogP contribution in [0.25, 0.3) is 0 Å². The van der Waals surface area contributed by atoms with Crippen LogP contribution in [-0.2, 0) is 9.53 Å². The third-order valence-corrected chi connectivity index (χ3v) is 3.61.